The minimum Gasteiger partial charge on any atom is -0.493 e. The molecule has 30 heavy (non-hydrogen) atoms. The highest BCUT2D eigenvalue weighted by atomic mass is 16.5. The van der Waals surface area contributed by atoms with Gasteiger partial charge in [-0.15, -0.1) is 0 Å². The maximum absolute atomic E-state index is 9.08. The van der Waals surface area contributed by atoms with Crippen molar-refractivity contribution in [2.45, 2.75) is 25.7 Å². The van der Waals surface area contributed by atoms with Gasteiger partial charge in [-0.3, -0.25) is 4.90 Å². The van der Waals surface area contributed by atoms with Crippen molar-refractivity contribution in [3.63, 3.8) is 0 Å². The summed E-state index contributed by atoms with van der Waals surface area (Å²) in [5.74, 6) is 1.82. The SMILES string of the molecule is OCCCOc1ccc2ccccc2c1Cc1ccc(OCCN2CCCC2)cc1. The molecule has 0 bridgehead atoms. The number of nitrogens with zero attached hydrogens (tertiary/aromatic N) is 1. The summed E-state index contributed by atoms with van der Waals surface area (Å²) in [5.41, 5.74) is 2.42. The average Bonchev–Trinajstić information content (AvgIpc) is 3.30. The molecule has 1 aliphatic heterocycles. The summed E-state index contributed by atoms with van der Waals surface area (Å²) in [6.45, 7) is 4.82. The standard InChI is InChI=1S/C26H31NO3/c28-17-5-18-30-26-13-10-22-6-1-2-7-24(22)25(26)20-21-8-11-23(12-9-21)29-19-16-27-14-3-4-15-27/h1-2,6-13,28H,3-5,14-20H2. The first-order valence-corrected chi connectivity index (χ1v) is 11.0. The molecular weight excluding hydrogens is 374 g/mol. The van der Waals surface area contributed by atoms with Gasteiger partial charge in [-0.2, -0.15) is 0 Å². The molecule has 4 heteroatoms. The summed E-state index contributed by atoms with van der Waals surface area (Å²) in [6, 6.07) is 21.0. The number of benzene rings is 3. The molecule has 3 aromatic carbocycles. The van der Waals surface area contributed by atoms with Gasteiger partial charge in [-0.25, -0.2) is 0 Å². The van der Waals surface area contributed by atoms with Crippen LogP contribution in [0.3, 0.4) is 0 Å². The summed E-state index contributed by atoms with van der Waals surface area (Å²) in [4.78, 5) is 2.47. The maximum Gasteiger partial charge on any atom is 0.123 e. The molecule has 4 nitrogen and oxygen atoms in total. The van der Waals surface area contributed by atoms with Gasteiger partial charge in [0.05, 0.1) is 6.61 Å². The zero-order valence-electron chi connectivity index (χ0n) is 17.6. The Morgan fingerprint density at radius 2 is 1.63 bits per heavy atom. The fourth-order valence-corrected chi connectivity index (χ4v) is 4.09. The molecule has 3 aromatic rings. The second-order valence-electron chi connectivity index (χ2n) is 7.91. The van der Waals surface area contributed by atoms with Crippen LogP contribution in [0.25, 0.3) is 10.8 Å². The van der Waals surface area contributed by atoms with Gasteiger partial charge in [0.2, 0.25) is 0 Å². The summed E-state index contributed by atoms with van der Waals surface area (Å²) in [7, 11) is 0. The number of aliphatic hydroxyl groups excluding tert-OH is 1. The Balaban J connectivity index is 1.45. The largest absolute Gasteiger partial charge is 0.493 e. The van der Waals surface area contributed by atoms with E-state index >= 15 is 0 Å². The number of likely N-dealkylation sites (tertiary alicyclic amines) is 1. The van der Waals surface area contributed by atoms with Gasteiger partial charge >= 0.3 is 0 Å². The van der Waals surface area contributed by atoms with Gasteiger partial charge in [-0.1, -0.05) is 42.5 Å². The fraction of sp³-hybridized carbons (Fsp3) is 0.385. The lowest BCUT2D eigenvalue weighted by atomic mass is 9.97. The minimum atomic E-state index is 0.141. The van der Waals surface area contributed by atoms with E-state index in [1.807, 2.05) is 6.07 Å². The topological polar surface area (TPSA) is 41.9 Å². The molecule has 0 aliphatic carbocycles. The van der Waals surface area contributed by atoms with Crippen LogP contribution in [0, 0.1) is 0 Å². The number of ether oxygens (including phenoxy) is 2. The molecule has 1 saturated heterocycles. The van der Waals surface area contributed by atoms with Gasteiger partial charge in [-0.05, 0) is 60.5 Å². The van der Waals surface area contributed by atoms with Crippen LogP contribution in [0.15, 0.2) is 60.7 Å². The molecule has 0 aromatic heterocycles. The van der Waals surface area contributed by atoms with Crippen LogP contribution in [0.5, 0.6) is 11.5 Å². The van der Waals surface area contributed by atoms with Gasteiger partial charge in [0.25, 0.3) is 0 Å². The quantitative estimate of drug-likeness (QED) is 0.498. The first-order chi connectivity index (χ1) is 14.8. The second-order valence-corrected chi connectivity index (χ2v) is 7.91. The van der Waals surface area contributed by atoms with Crippen LogP contribution in [0.2, 0.25) is 0 Å². The van der Waals surface area contributed by atoms with E-state index in [4.69, 9.17) is 14.6 Å². The lowest BCUT2D eigenvalue weighted by Gasteiger charge is -2.16. The van der Waals surface area contributed by atoms with Crippen molar-refractivity contribution in [1.82, 2.24) is 4.90 Å². The fourth-order valence-electron chi connectivity index (χ4n) is 4.09. The molecule has 0 spiro atoms. The van der Waals surface area contributed by atoms with E-state index in [-0.39, 0.29) is 6.61 Å². The van der Waals surface area contributed by atoms with Crippen LogP contribution >= 0.6 is 0 Å². The van der Waals surface area contributed by atoms with Crippen molar-refractivity contribution < 1.29 is 14.6 Å². The highest BCUT2D eigenvalue weighted by molar-refractivity contribution is 5.88. The zero-order chi connectivity index (χ0) is 20.6. The number of hydrogen-bond acceptors (Lipinski definition) is 4. The molecule has 1 fully saturated rings. The third-order valence-electron chi connectivity index (χ3n) is 5.74. The molecule has 0 amide bonds. The van der Waals surface area contributed by atoms with Crippen molar-refractivity contribution in [2.24, 2.45) is 0 Å². The summed E-state index contributed by atoms with van der Waals surface area (Å²) in [6.07, 6.45) is 4.06. The molecule has 4 rings (SSSR count). The minimum absolute atomic E-state index is 0.141. The van der Waals surface area contributed by atoms with Crippen LogP contribution in [0.4, 0.5) is 0 Å². The summed E-state index contributed by atoms with van der Waals surface area (Å²) >= 11 is 0. The molecule has 158 valence electrons. The van der Waals surface area contributed by atoms with Gasteiger partial charge in [0.15, 0.2) is 0 Å². The molecular formula is C26H31NO3. The smallest absolute Gasteiger partial charge is 0.123 e. The number of hydrogen-bond donors (Lipinski definition) is 1. The van der Waals surface area contributed by atoms with Crippen molar-refractivity contribution in [2.75, 3.05) is 39.5 Å². The van der Waals surface area contributed by atoms with E-state index < -0.39 is 0 Å². The maximum atomic E-state index is 9.08. The number of aliphatic hydroxyl groups is 1. The van der Waals surface area contributed by atoms with E-state index in [1.165, 1.54) is 47.8 Å². The van der Waals surface area contributed by atoms with Crippen LogP contribution in [0.1, 0.15) is 30.4 Å². The third kappa shape index (κ3) is 5.32. The Morgan fingerprint density at radius 1 is 0.833 bits per heavy atom. The number of rotatable bonds is 10. The van der Waals surface area contributed by atoms with Gasteiger partial charge < -0.3 is 14.6 Å². The van der Waals surface area contributed by atoms with Crippen molar-refractivity contribution in [3.8, 4) is 11.5 Å². The molecule has 0 atom stereocenters. The van der Waals surface area contributed by atoms with E-state index in [0.717, 1.165) is 31.1 Å². The highest BCUT2D eigenvalue weighted by Crippen LogP contribution is 2.31. The monoisotopic (exact) mass is 405 g/mol. The summed E-state index contributed by atoms with van der Waals surface area (Å²) < 4.78 is 11.9. The predicted molar refractivity (Wildman–Crippen MR) is 122 cm³/mol. The van der Waals surface area contributed by atoms with Crippen LogP contribution < -0.4 is 9.47 Å². The van der Waals surface area contributed by atoms with E-state index in [0.29, 0.717) is 13.0 Å². The molecule has 0 unspecified atom stereocenters. The molecule has 1 aliphatic rings. The normalized spacial score (nSPS) is 14.3. The second kappa shape index (κ2) is 10.5. The average molecular weight is 406 g/mol. The molecule has 1 heterocycles. The Bertz CT molecular complexity index is 933. The van der Waals surface area contributed by atoms with Gasteiger partial charge in [0.1, 0.15) is 18.1 Å². The Morgan fingerprint density at radius 3 is 2.43 bits per heavy atom. The van der Waals surface area contributed by atoms with Crippen LogP contribution in [-0.2, 0) is 6.42 Å². The number of fused-ring (bicyclic) bond motifs is 1. The highest BCUT2D eigenvalue weighted by Gasteiger charge is 2.12. The van der Waals surface area contributed by atoms with Gasteiger partial charge in [0, 0.05) is 31.6 Å². The molecule has 0 radical (unpaired) electrons. The lowest BCUT2D eigenvalue weighted by Crippen LogP contribution is -2.25. The van der Waals surface area contributed by atoms with Crippen molar-refractivity contribution >= 4 is 10.8 Å². The Kier molecular flexibility index (Phi) is 7.22. The third-order valence-corrected chi connectivity index (χ3v) is 5.74. The van der Waals surface area contributed by atoms with E-state index in [2.05, 4.69) is 59.5 Å². The molecule has 1 N–H and O–H groups in total. The Hall–Kier alpha value is -2.56. The van der Waals surface area contributed by atoms with Crippen LogP contribution in [-0.4, -0.2) is 49.5 Å². The Labute approximate surface area is 179 Å². The first-order valence-electron chi connectivity index (χ1n) is 11.0. The van der Waals surface area contributed by atoms with E-state index in [1.54, 1.807) is 0 Å². The lowest BCUT2D eigenvalue weighted by molar-refractivity contribution is 0.233. The molecule has 0 saturated carbocycles. The van der Waals surface area contributed by atoms with Crippen molar-refractivity contribution in [3.05, 3.63) is 71.8 Å². The van der Waals surface area contributed by atoms with Crippen molar-refractivity contribution in [1.29, 1.82) is 0 Å². The zero-order valence-corrected chi connectivity index (χ0v) is 17.6. The first kappa shape index (κ1) is 20.7. The predicted octanol–water partition coefficient (Wildman–Crippen LogP) is 4.67. The van der Waals surface area contributed by atoms with E-state index in [9.17, 15) is 0 Å². The summed E-state index contributed by atoms with van der Waals surface area (Å²) in [5, 5.41) is 11.5.